The number of benzene rings is 2. The number of carbonyl (C=O) groups is 4. The van der Waals surface area contributed by atoms with Crippen molar-refractivity contribution >= 4 is 40.3 Å². The fraction of sp³-hybridized carbons (Fsp3) is 0.174. The molecule has 2 heterocycles. The van der Waals surface area contributed by atoms with E-state index in [0.717, 1.165) is 16.2 Å². The Morgan fingerprint density at radius 1 is 1.18 bits per heavy atom. The Morgan fingerprint density at radius 2 is 1.88 bits per heavy atom. The van der Waals surface area contributed by atoms with Crippen LogP contribution < -0.4 is 10.6 Å². The summed E-state index contributed by atoms with van der Waals surface area (Å²) < 4.78 is 4.62. The molecule has 3 aromatic rings. The molecule has 0 unspecified atom stereocenters. The number of aromatic hydroxyl groups is 1. The fourth-order valence-electron chi connectivity index (χ4n) is 3.54. The van der Waals surface area contributed by atoms with Crippen LogP contribution in [0.5, 0.6) is 5.75 Å². The molecule has 174 valence electrons. The minimum atomic E-state index is -1.21. The summed E-state index contributed by atoms with van der Waals surface area (Å²) in [6.07, 6.45) is 0.00200. The van der Waals surface area contributed by atoms with E-state index < -0.39 is 35.9 Å². The van der Waals surface area contributed by atoms with Gasteiger partial charge in [-0.1, -0.05) is 42.5 Å². The van der Waals surface area contributed by atoms with Crippen molar-refractivity contribution < 1.29 is 29.0 Å². The molecular formula is C23H20N4O6S. The third-order valence-electron chi connectivity index (χ3n) is 5.21. The molecular weight excluding hydrogens is 460 g/mol. The Morgan fingerprint density at radius 3 is 2.56 bits per heavy atom. The van der Waals surface area contributed by atoms with Crippen LogP contribution in [-0.4, -0.2) is 52.0 Å². The first-order valence-corrected chi connectivity index (χ1v) is 11.1. The predicted molar refractivity (Wildman–Crippen MR) is 122 cm³/mol. The second-order valence-corrected chi connectivity index (χ2v) is 8.26. The largest absolute Gasteiger partial charge is 0.508 e. The number of hydrogen-bond acceptors (Lipinski definition) is 8. The van der Waals surface area contributed by atoms with Crippen molar-refractivity contribution in [1.29, 1.82) is 0 Å². The van der Waals surface area contributed by atoms with Crippen molar-refractivity contribution in [2.45, 2.75) is 18.5 Å². The Labute approximate surface area is 198 Å². The van der Waals surface area contributed by atoms with Crippen molar-refractivity contribution in [3.63, 3.8) is 0 Å². The molecule has 4 rings (SSSR count). The Balaban J connectivity index is 1.62. The minimum Gasteiger partial charge on any atom is -0.508 e. The van der Waals surface area contributed by atoms with E-state index >= 15 is 0 Å². The highest BCUT2D eigenvalue weighted by atomic mass is 32.1. The summed E-state index contributed by atoms with van der Waals surface area (Å²) in [5.74, 6) is -1.83. The zero-order valence-electron chi connectivity index (χ0n) is 17.9. The van der Waals surface area contributed by atoms with Gasteiger partial charge in [0.05, 0.1) is 7.11 Å². The van der Waals surface area contributed by atoms with Crippen LogP contribution in [0.1, 0.15) is 27.7 Å². The van der Waals surface area contributed by atoms with Gasteiger partial charge in [0.25, 0.3) is 5.91 Å². The lowest BCUT2D eigenvalue weighted by atomic mass is 10.0. The van der Waals surface area contributed by atoms with Crippen molar-refractivity contribution in [2.24, 2.45) is 0 Å². The van der Waals surface area contributed by atoms with Crippen LogP contribution >= 0.6 is 11.3 Å². The first-order valence-electron chi connectivity index (χ1n) is 10.2. The van der Waals surface area contributed by atoms with Gasteiger partial charge in [-0.25, -0.2) is 19.5 Å². The molecule has 2 atom stereocenters. The third kappa shape index (κ3) is 4.74. The molecule has 4 amide bonds. The van der Waals surface area contributed by atoms with Gasteiger partial charge in [0.1, 0.15) is 17.8 Å². The molecule has 2 aromatic carbocycles. The van der Waals surface area contributed by atoms with Crippen LogP contribution in [0, 0.1) is 0 Å². The van der Waals surface area contributed by atoms with Crippen LogP contribution in [0.2, 0.25) is 0 Å². The summed E-state index contributed by atoms with van der Waals surface area (Å²) in [7, 11) is 1.22. The number of rotatable bonds is 7. The lowest BCUT2D eigenvalue weighted by Gasteiger charge is -2.24. The molecule has 0 saturated carbocycles. The van der Waals surface area contributed by atoms with Crippen molar-refractivity contribution in [3.8, 4) is 5.75 Å². The summed E-state index contributed by atoms with van der Waals surface area (Å²) in [6.45, 7) is 0. The summed E-state index contributed by atoms with van der Waals surface area (Å²) in [6, 6.07) is 12.0. The van der Waals surface area contributed by atoms with Crippen molar-refractivity contribution in [1.82, 2.24) is 15.2 Å². The van der Waals surface area contributed by atoms with E-state index in [4.69, 9.17) is 0 Å². The number of phenolic OH excluding ortho intramolecular Hbond substituents is 1. The van der Waals surface area contributed by atoms with Crippen LogP contribution in [0.4, 0.5) is 9.93 Å². The van der Waals surface area contributed by atoms with E-state index in [0.29, 0.717) is 11.1 Å². The topological polar surface area (TPSA) is 138 Å². The number of carbonyl (C=O) groups excluding carboxylic acids is 4. The lowest BCUT2D eigenvalue weighted by molar-refractivity contribution is -0.134. The van der Waals surface area contributed by atoms with Crippen LogP contribution in [0.15, 0.2) is 60.0 Å². The first kappa shape index (κ1) is 22.9. The molecule has 1 fully saturated rings. The Kier molecular flexibility index (Phi) is 6.55. The van der Waals surface area contributed by atoms with Crippen LogP contribution in [-0.2, 0) is 20.7 Å². The first-order chi connectivity index (χ1) is 16.4. The monoisotopic (exact) mass is 480 g/mol. The molecule has 34 heavy (non-hydrogen) atoms. The number of amides is 4. The molecule has 1 saturated heterocycles. The van der Waals surface area contributed by atoms with E-state index in [1.54, 1.807) is 42.5 Å². The predicted octanol–water partition coefficient (Wildman–Crippen LogP) is 2.48. The molecule has 1 aliphatic heterocycles. The second-order valence-electron chi connectivity index (χ2n) is 7.41. The van der Waals surface area contributed by atoms with Gasteiger partial charge in [0.15, 0.2) is 10.8 Å². The number of aromatic nitrogens is 1. The summed E-state index contributed by atoms with van der Waals surface area (Å²) in [5.41, 5.74) is 1.24. The molecule has 10 nitrogen and oxygen atoms in total. The average Bonchev–Trinajstić information content (AvgIpc) is 3.42. The maximum atomic E-state index is 13.3. The Bertz CT molecular complexity index is 1230. The molecule has 0 radical (unpaired) electrons. The quantitative estimate of drug-likeness (QED) is 0.349. The molecule has 0 bridgehead atoms. The number of methoxy groups -OCH3 is 1. The number of hydrogen-bond donors (Lipinski definition) is 3. The molecule has 11 heteroatoms. The van der Waals surface area contributed by atoms with Crippen LogP contribution in [0.25, 0.3) is 0 Å². The molecule has 0 aliphatic carbocycles. The minimum absolute atomic E-state index is 0.00200. The number of anilines is 1. The van der Waals surface area contributed by atoms with E-state index in [1.165, 1.54) is 24.6 Å². The second kappa shape index (κ2) is 9.71. The lowest BCUT2D eigenvalue weighted by Crippen LogP contribution is -2.49. The molecule has 1 aliphatic rings. The van der Waals surface area contributed by atoms with Gasteiger partial charge in [-0.2, -0.15) is 0 Å². The summed E-state index contributed by atoms with van der Waals surface area (Å²) in [5, 5.41) is 16.3. The summed E-state index contributed by atoms with van der Waals surface area (Å²) in [4.78, 5) is 55.9. The number of nitrogens with one attached hydrogen (secondary N) is 2. The maximum Gasteiger partial charge on any atom is 0.357 e. The van der Waals surface area contributed by atoms with E-state index in [1.807, 2.05) is 0 Å². The number of urea groups is 1. The zero-order chi connectivity index (χ0) is 24.2. The number of ether oxygens (including phenoxy) is 1. The highest BCUT2D eigenvalue weighted by Crippen LogP contribution is 2.26. The van der Waals surface area contributed by atoms with Gasteiger partial charge < -0.3 is 20.5 Å². The average molecular weight is 481 g/mol. The van der Waals surface area contributed by atoms with E-state index in [2.05, 4.69) is 20.4 Å². The number of imide groups is 1. The third-order valence-corrected chi connectivity index (χ3v) is 5.97. The number of thiazole rings is 1. The van der Waals surface area contributed by atoms with Gasteiger partial charge in [-0.3, -0.25) is 9.59 Å². The van der Waals surface area contributed by atoms with Gasteiger partial charge in [-0.05, 0) is 23.3 Å². The van der Waals surface area contributed by atoms with Gasteiger partial charge in [-0.15, -0.1) is 11.3 Å². The smallest absolute Gasteiger partial charge is 0.357 e. The Hall–Kier alpha value is -4.25. The highest BCUT2D eigenvalue weighted by Gasteiger charge is 2.45. The highest BCUT2D eigenvalue weighted by molar-refractivity contribution is 7.14. The molecule has 3 N–H and O–H groups in total. The number of phenols is 1. The van der Waals surface area contributed by atoms with E-state index in [-0.39, 0.29) is 23.0 Å². The van der Waals surface area contributed by atoms with Gasteiger partial charge in [0, 0.05) is 11.8 Å². The zero-order valence-corrected chi connectivity index (χ0v) is 18.7. The fourth-order valence-corrected chi connectivity index (χ4v) is 4.22. The van der Waals surface area contributed by atoms with Gasteiger partial charge >= 0.3 is 12.0 Å². The molecule has 0 spiro atoms. The number of nitrogens with zero attached hydrogens (tertiary/aromatic N) is 2. The van der Waals surface area contributed by atoms with Gasteiger partial charge in [0.2, 0.25) is 5.91 Å². The van der Waals surface area contributed by atoms with Crippen LogP contribution in [0.3, 0.4) is 0 Å². The summed E-state index contributed by atoms with van der Waals surface area (Å²) >= 11 is 1.01. The van der Waals surface area contributed by atoms with E-state index in [9.17, 15) is 24.3 Å². The van der Waals surface area contributed by atoms with Crippen molar-refractivity contribution in [3.05, 3.63) is 76.8 Å². The van der Waals surface area contributed by atoms with Crippen molar-refractivity contribution in [2.75, 3.05) is 12.4 Å². The molecule has 1 aromatic heterocycles. The SMILES string of the molecule is COC(=O)c1csc(NC(=O)[C@@H](Cc2ccc(O)cc2)N2C(=O)N[C@@H](c3ccccc3)C2=O)n1. The number of esters is 1. The normalized spacial score (nSPS) is 16.1. The maximum absolute atomic E-state index is 13.3. The standard InChI is InChI=1S/C23H20N4O6S/c1-33-21(31)16-12-34-22(24-16)26-19(29)17(11-13-7-9-15(28)10-8-13)27-20(30)18(25-23(27)32)14-5-3-2-4-6-14/h2-10,12,17-18,28H,11H2,1H3,(H,25,32)(H,24,26,29)/t17-,18+/m1/s1.